The van der Waals surface area contributed by atoms with Crippen molar-refractivity contribution in [3.63, 3.8) is 0 Å². The summed E-state index contributed by atoms with van der Waals surface area (Å²) in [6.07, 6.45) is -1.49. The van der Waals surface area contributed by atoms with Gasteiger partial charge < -0.3 is 14.6 Å². The first kappa shape index (κ1) is 16.1. The van der Waals surface area contributed by atoms with Crippen LogP contribution in [0.3, 0.4) is 0 Å². The van der Waals surface area contributed by atoms with E-state index in [2.05, 4.69) is 9.47 Å². The summed E-state index contributed by atoms with van der Waals surface area (Å²) in [5.41, 5.74) is -1.11. The number of benzene rings is 1. The molecule has 0 aliphatic rings. The van der Waals surface area contributed by atoms with E-state index < -0.39 is 44.4 Å². The Hall–Kier alpha value is -1.97. The monoisotopic (exact) mass is 304 g/mol. The minimum atomic E-state index is -4.88. The highest BCUT2D eigenvalue weighted by Crippen LogP contribution is 2.22. The fourth-order valence-electron chi connectivity index (χ4n) is 1.46. The third-order valence-electron chi connectivity index (χ3n) is 2.18. The second-order valence-corrected chi connectivity index (χ2v) is 5.01. The molecule has 0 saturated heterocycles. The Bertz CT molecular complexity index is 632. The summed E-state index contributed by atoms with van der Waals surface area (Å²) in [5.74, 6) is -2.26. The number of hydrogen-bond donors (Lipinski definition) is 2. The van der Waals surface area contributed by atoms with Crippen molar-refractivity contribution in [3.8, 4) is 0 Å². The van der Waals surface area contributed by atoms with Crippen molar-refractivity contribution in [2.45, 2.75) is 18.1 Å². The van der Waals surface area contributed by atoms with Crippen LogP contribution in [-0.2, 0) is 19.6 Å². The first-order valence-electron chi connectivity index (χ1n) is 5.26. The van der Waals surface area contributed by atoms with Gasteiger partial charge in [-0.1, -0.05) is 6.07 Å². The predicted octanol–water partition coefficient (Wildman–Crippen LogP) is 0.215. The number of esters is 2. The maximum absolute atomic E-state index is 11.7. The summed E-state index contributed by atoms with van der Waals surface area (Å²) in [7, 11) is -3.87. The highest BCUT2D eigenvalue weighted by atomic mass is 32.2. The maximum atomic E-state index is 11.7. The molecule has 0 aliphatic carbocycles. The quantitative estimate of drug-likeness (QED) is 0.459. The van der Waals surface area contributed by atoms with Crippen LogP contribution in [0.1, 0.15) is 27.6 Å². The van der Waals surface area contributed by atoms with Crippen molar-refractivity contribution in [3.05, 3.63) is 29.3 Å². The van der Waals surface area contributed by atoms with Crippen LogP contribution in [0, 0.1) is 0 Å². The van der Waals surface area contributed by atoms with Crippen molar-refractivity contribution in [2.24, 2.45) is 0 Å². The molecule has 1 aromatic rings. The molecule has 9 heteroatoms. The topological polar surface area (TPSA) is 127 Å². The van der Waals surface area contributed by atoms with E-state index in [-0.39, 0.29) is 0 Å². The molecule has 20 heavy (non-hydrogen) atoms. The Morgan fingerprint density at radius 1 is 1.20 bits per heavy atom. The van der Waals surface area contributed by atoms with Crippen molar-refractivity contribution in [2.75, 3.05) is 7.11 Å². The lowest BCUT2D eigenvalue weighted by Gasteiger charge is -2.12. The maximum Gasteiger partial charge on any atom is 0.341 e. The molecule has 0 aliphatic heterocycles. The molecule has 0 bridgehead atoms. The van der Waals surface area contributed by atoms with Crippen LogP contribution in [0.25, 0.3) is 0 Å². The highest BCUT2D eigenvalue weighted by Gasteiger charge is 2.29. The van der Waals surface area contributed by atoms with Crippen LogP contribution in [-0.4, -0.2) is 43.4 Å². The fourth-order valence-corrected chi connectivity index (χ4v) is 2.32. The van der Waals surface area contributed by atoms with Crippen LogP contribution in [0.15, 0.2) is 23.1 Å². The second kappa shape index (κ2) is 5.99. The average Bonchev–Trinajstić information content (AvgIpc) is 2.35. The van der Waals surface area contributed by atoms with Gasteiger partial charge in [0.05, 0.1) is 18.2 Å². The molecule has 1 atom stereocenters. The van der Waals surface area contributed by atoms with E-state index in [1.54, 1.807) is 0 Å². The number of aliphatic hydroxyl groups excluding tert-OH is 1. The Kier molecular flexibility index (Phi) is 4.82. The van der Waals surface area contributed by atoms with E-state index in [0.29, 0.717) is 0 Å². The fraction of sp³-hybridized carbons (Fsp3) is 0.273. The predicted molar refractivity (Wildman–Crippen MR) is 64.7 cm³/mol. The summed E-state index contributed by atoms with van der Waals surface area (Å²) in [4.78, 5) is 22.2. The summed E-state index contributed by atoms with van der Waals surface area (Å²) < 4.78 is 40.7. The lowest BCUT2D eigenvalue weighted by molar-refractivity contribution is -0.0526. The minimum Gasteiger partial charge on any atom is -0.465 e. The largest absolute Gasteiger partial charge is 0.465 e. The third-order valence-corrected chi connectivity index (χ3v) is 3.13. The molecule has 0 saturated carbocycles. The normalized spacial score (nSPS) is 12.6. The Balaban J connectivity index is 3.54. The van der Waals surface area contributed by atoms with Gasteiger partial charge in [0.2, 0.25) is 0 Å². The van der Waals surface area contributed by atoms with Crippen molar-refractivity contribution >= 4 is 22.1 Å². The van der Waals surface area contributed by atoms with Gasteiger partial charge in [0.15, 0.2) is 6.29 Å². The third kappa shape index (κ3) is 3.53. The second-order valence-electron chi connectivity index (χ2n) is 3.65. The van der Waals surface area contributed by atoms with Gasteiger partial charge in [0, 0.05) is 0 Å². The average molecular weight is 304 g/mol. The van der Waals surface area contributed by atoms with Gasteiger partial charge in [-0.3, -0.25) is 4.55 Å². The number of methoxy groups -OCH3 is 1. The molecular formula is C11H12O8S. The number of carbonyl (C=O) groups excluding carboxylic acids is 2. The van der Waals surface area contributed by atoms with Gasteiger partial charge in [-0.25, -0.2) is 9.59 Å². The molecule has 0 heterocycles. The summed E-state index contributed by atoms with van der Waals surface area (Å²) >= 11 is 0. The molecule has 2 N–H and O–H groups in total. The van der Waals surface area contributed by atoms with Crippen molar-refractivity contribution in [1.29, 1.82) is 0 Å². The van der Waals surface area contributed by atoms with E-state index in [1.165, 1.54) is 6.07 Å². The van der Waals surface area contributed by atoms with E-state index in [4.69, 9.17) is 5.11 Å². The van der Waals surface area contributed by atoms with Gasteiger partial charge in [-0.15, -0.1) is 0 Å². The summed E-state index contributed by atoms with van der Waals surface area (Å²) in [6, 6.07) is 3.30. The number of rotatable bonds is 4. The molecule has 1 unspecified atom stereocenters. The molecule has 110 valence electrons. The van der Waals surface area contributed by atoms with Gasteiger partial charge >= 0.3 is 11.9 Å². The van der Waals surface area contributed by atoms with Crippen LogP contribution in [0.2, 0.25) is 0 Å². The molecular weight excluding hydrogens is 292 g/mol. The van der Waals surface area contributed by atoms with E-state index in [9.17, 15) is 22.6 Å². The van der Waals surface area contributed by atoms with Crippen molar-refractivity contribution in [1.82, 2.24) is 0 Å². The lowest BCUT2D eigenvalue weighted by Crippen LogP contribution is -2.19. The minimum absolute atomic E-state index is 0.518. The first-order valence-corrected chi connectivity index (χ1v) is 6.70. The van der Waals surface area contributed by atoms with Gasteiger partial charge in [-0.2, -0.15) is 8.42 Å². The van der Waals surface area contributed by atoms with Crippen LogP contribution < -0.4 is 0 Å². The van der Waals surface area contributed by atoms with Gasteiger partial charge in [0.1, 0.15) is 4.90 Å². The number of hydrogen-bond acceptors (Lipinski definition) is 7. The smallest absolute Gasteiger partial charge is 0.341 e. The van der Waals surface area contributed by atoms with Gasteiger partial charge in [-0.05, 0) is 19.1 Å². The molecule has 0 radical (unpaired) electrons. The Labute approximate surface area is 114 Å². The molecule has 1 aromatic carbocycles. The van der Waals surface area contributed by atoms with Crippen molar-refractivity contribution < 1.29 is 37.1 Å². The van der Waals surface area contributed by atoms with Crippen LogP contribution in [0.5, 0.6) is 0 Å². The molecule has 0 fully saturated rings. The number of carbonyl (C=O) groups is 2. The first-order chi connectivity index (χ1) is 9.18. The molecule has 8 nitrogen and oxygen atoms in total. The Morgan fingerprint density at radius 3 is 2.10 bits per heavy atom. The zero-order valence-electron chi connectivity index (χ0n) is 10.6. The van der Waals surface area contributed by atoms with Gasteiger partial charge in [0.25, 0.3) is 10.1 Å². The van der Waals surface area contributed by atoms with E-state index in [0.717, 1.165) is 26.2 Å². The molecule has 0 amide bonds. The zero-order chi connectivity index (χ0) is 15.5. The van der Waals surface area contributed by atoms with Crippen LogP contribution >= 0.6 is 0 Å². The summed E-state index contributed by atoms with van der Waals surface area (Å²) in [5, 5.41) is 8.96. The van der Waals surface area contributed by atoms with Crippen LogP contribution in [0.4, 0.5) is 0 Å². The molecule has 1 rings (SSSR count). The highest BCUT2D eigenvalue weighted by molar-refractivity contribution is 7.86. The molecule has 0 aromatic heterocycles. The zero-order valence-corrected chi connectivity index (χ0v) is 11.4. The molecule has 0 spiro atoms. The van der Waals surface area contributed by atoms with E-state index >= 15 is 0 Å². The number of aliphatic hydroxyl groups is 1. The lowest BCUT2D eigenvalue weighted by atomic mass is 10.1. The standard InChI is InChI=1S/C11H12O8S/c1-6(12)19-11(14)8-5-3-4-7(10(13)18-2)9(8)20(15,16)17/h3-6,12H,1-2H3,(H,15,16,17). The Morgan fingerprint density at radius 2 is 1.70 bits per heavy atom. The summed E-state index contributed by atoms with van der Waals surface area (Å²) in [6.45, 7) is 1.13. The number of ether oxygens (including phenoxy) is 2. The SMILES string of the molecule is COC(=O)c1cccc(C(=O)OC(C)O)c1S(=O)(=O)O. The van der Waals surface area contributed by atoms with E-state index in [1.807, 2.05) is 0 Å².